The molecule has 0 spiro atoms. The van der Waals surface area contributed by atoms with Crippen LogP contribution in [0, 0.1) is 6.92 Å². The van der Waals surface area contributed by atoms with E-state index in [-0.39, 0.29) is 20.6 Å². The zero-order valence-corrected chi connectivity index (χ0v) is 23.3. The molecule has 0 radical (unpaired) electrons. The van der Waals surface area contributed by atoms with Gasteiger partial charge >= 0.3 is 0 Å². The minimum atomic E-state index is -4.03. The van der Waals surface area contributed by atoms with Crippen molar-refractivity contribution in [1.29, 1.82) is 0 Å². The number of nitrogens with zero attached hydrogens (tertiary/aromatic N) is 1. The number of halogens is 4. The number of rotatable bonds is 10. The van der Waals surface area contributed by atoms with Crippen molar-refractivity contribution in [3.8, 4) is 0 Å². The van der Waals surface area contributed by atoms with Gasteiger partial charge in [-0.2, -0.15) is 11.8 Å². The number of nitrogens with one attached hydrogen (secondary N) is 1. The number of benzene rings is 3. The quantitative estimate of drug-likeness (QED) is 0.262. The van der Waals surface area contributed by atoms with Crippen LogP contribution < -0.4 is 9.62 Å². The first-order valence-corrected chi connectivity index (χ1v) is 14.5. The van der Waals surface area contributed by atoms with E-state index < -0.39 is 22.5 Å². The van der Waals surface area contributed by atoms with Crippen molar-refractivity contribution in [2.45, 2.75) is 17.6 Å². The maximum absolute atomic E-state index is 13.4. The fraction of sp³-hybridized carbons (Fsp3) is 0.208. The number of amides is 1. The highest BCUT2D eigenvalue weighted by molar-refractivity contribution is 7.98. The van der Waals surface area contributed by atoms with E-state index in [0.717, 1.165) is 15.4 Å². The number of thioether (sulfide) groups is 1. The van der Waals surface area contributed by atoms with Crippen LogP contribution in [0.25, 0.3) is 0 Å². The zero-order valence-electron chi connectivity index (χ0n) is 18.6. The van der Waals surface area contributed by atoms with Gasteiger partial charge in [0, 0.05) is 18.1 Å². The molecule has 3 aromatic carbocycles. The summed E-state index contributed by atoms with van der Waals surface area (Å²) in [5.41, 5.74) is 2.18. The van der Waals surface area contributed by atoms with Gasteiger partial charge in [-0.15, -0.1) is 0 Å². The molecule has 5 nitrogen and oxygen atoms in total. The Balaban J connectivity index is 1.66. The third-order valence-corrected chi connectivity index (χ3v) is 9.21. The molecule has 1 amide bonds. The summed E-state index contributed by atoms with van der Waals surface area (Å²) < 4.78 is 27.8. The van der Waals surface area contributed by atoms with Gasteiger partial charge in [-0.05, 0) is 55.0 Å². The second kappa shape index (κ2) is 12.6. The van der Waals surface area contributed by atoms with Gasteiger partial charge in [0.15, 0.2) is 0 Å². The van der Waals surface area contributed by atoms with E-state index in [9.17, 15) is 13.2 Å². The molecule has 186 valence electrons. The largest absolute Gasteiger partial charge is 0.354 e. The summed E-state index contributed by atoms with van der Waals surface area (Å²) in [7, 11) is -4.03. The summed E-state index contributed by atoms with van der Waals surface area (Å²) in [5, 5.41) is 4.24. The molecule has 1 N–H and O–H groups in total. The van der Waals surface area contributed by atoms with Crippen LogP contribution >= 0.6 is 58.2 Å². The number of carbonyl (C=O) groups is 1. The summed E-state index contributed by atoms with van der Waals surface area (Å²) in [5.74, 6) is 0.884. The van der Waals surface area contributed by atoms with Crippen LogP contribution in [0.1, 0.15) is 11.1 Å². The van der Waals surface area contributed by atoms with E-state index in [4.69, 9.17) is 46.4 Å². The Morgan fingerprint density at radius 3 is 2.14 bits per heavy atom. The number of hydrogen-bond acceptors (Lipinski definition) is 4. The average Bonchev–Trinajstić information content (AvgIpc) is 2.81. The average molecular weight is 592 g/mol. The molecule has 0 atom stereocenters. The second-order valence-corrected chi connectivity index (χ2v) is 12.2. The third kappa shape index (κ3) is 7.68. The summed E-state index contributed by atoms with van der Waals surface area (Å²) >= 11 is 25.7. The normalized spacial score (nSPS) is 11.3. The van der Waals surface area contributed by atoms with Crippen molar-refractivity contribution in [2.24, 2.45) is 0 Å². The number of hydrogen-bond donors (Lipinski definition) is 1. The van der Waals surface area contributed by atoms with Gasteiger partial charge in [-0.1, -0.05) is 70.2 Å². The molecular formula is C24H22Cl4N2O3S2. The smallest absolute Gasteiger partial charge is 0.264 e. The minimum absolute atomic E-state index is 0.0687. The van der Waals surface area contributed by atoms with Crippen molar-refractivity contribution < 1.29 is 13.2 Å². The molecule has 3 rings (SSSR count). The Bertz CT molecular complexity index is 1300. The topological polar surface area (TPSA) is 66.5 Å². The molecule has 3 aromatic rings. The Labute approximate surface area is 229 Å². The molecule has 0 aliphatic heterocycles. The van der Waals surface area contributed by atoms with Crippen molar-refractivity contribution in [1.82, 2.24) is 5.32 Å². The maximum Gasteiger partial charge on any atom is 0.264 e. The highest BCUT2D eigenvalue weighted by atomic mass is 35.5. The van der Waals surface area contributed by atoms with Crippen LogP contribution in [-0.4, -0.2) is 33.2 Å². The van der Waals surface area contributed by atoms with Crippen LogP contribution in [0.15, 0.2) is 65.6 Å². The van der Waals surface area contributed by atoms with Crippen LogP contribution in [0.5, 0.6) is 0 Å². The van der Waals surface area contributed by atoms with E-state index >= 15 is 0 Å². The van der Waals surface area contributed by atoms with E-state index in [1.165, 1.54) is 30.3 Å². The first-order chi connectivity index (χ1) is 16.6. The van der Waals surface area contributed by atoms with Crippen LogP contribution in [0.2, 0.25) is 20.1 Å². The van der Waals surface area contributed by atoms with Gasteiger partial charge in [-0.25, -0.2) is 8.42 Å². The first-order valence-electron chi connectivity index (χ1n) is 10.4. The van der Waals surface area contributed by atoms with Gasteiger partial charge in [0.05, 0.1) is 30.7 Å². The summed E-state index contributed by atoms with van der Waals surface area (Å²) in [6, 6.07) is 16.3. The van der Waals surface area contributed by atoms with Gasteiger partial charge in [0.1, 0.15) is 6.54 Å². The SMILES string of the molecule is Cc1ccc(S(=O)(=O)N(CC(=O)NCCSCc2ccc(Cl)c(Cl)c2)c2ccc(Cl)c(Cl)c2)cc1. The molecule has 11 heteroatoms. The molecule has 35 heavy (non-hydrogen) atoms. The van der Waals surface area contributed by atoms with Crippen molar-refractivity contribution in [3.63, 3.8) is 0 Å². The predicted octanol–water partition coefficient (Wildman–Crippen LogP) is 6.85. The van der Waals surface area contributed by atoms with Gasteiger partial charge in [-0.3, -0.25) is 9.10 Å². The van der Waals surface area contributed by atoms with E-state index in [1.54, 1.807) is 36.0 Å². The van der Waals surface area contributed by atoms with Crippen molar-refractivity contribution >= 4 is 79.8 Å². The summed E-state index contributed by atoms with van der Waals surface area (Å²) in [6.45, 7) is 1.82. The first kappa shape index (κ1) is 28.0. The lowest BCUT2D eigenvalue weighted by Gasteiger charge is -2.24. The Morgan fingerprint density at radius 1 is 0.886 bits per heavy atom. The lowest BCUT2D eigenvalue weighted by Crippen LogP contribution is -2.41. The van der Waals surface area contributed by atoms with Gasteiger partial charge in [0.25, 0.3) is 10.0 Å². The van der Waals surface area contributed by atoms with E-state index in [1.807, 2.05) is 13.0 Å². The molecule has 0 bridgehead atoms. The van der Waals surface area contributed by atoms with Crippen molar-refractivity contribution in [3.05, 3.63) is 91.9 Å². The fourth-order valence-electron chi connectivity index (χ4n) is 3.06. The number of anilines is 1. The molecule has 0 saturated carbocycles. The molecule has 0 fully saturated rings. The Morgan fingerprint density at radius 2 is 1.51 bits per heavy atom. The minimum Gasteiger partial charge on any atom is -0.354 e. The maximum atomic E-state index is 13.4. The van der Waals surface area contributed by atoms with Crippen molar-refractivity contribution in [2.75, 3.05) is 23.1 Å². The highest BCUT2D eigenvalue weighted by Gasteiger charge is 2.27. The number of sulfonamides is 1. The van der Waals surface area contributed by atoms with E-state index in [2.05, 4.69) is 5.32 Å². The Kier molecular flexibility index (Phi) is 10.0. The number of aryl methyl sites for hydroxylation is 1. The molecule has 0 heterocycles. The van der Waals surface area contributed by atoms with Gasteiger partial charge in [0.2, 0.25) is 5.91 Å². The summed E-state index contributed by atoms with van der Waals surface area (Å²) in [6.07, 6.45) is 0. The fourth-order valence-corrected chi connectivity index (χ4v) is 5.89. The monoisotopic (exact) mass is 590 g/mol. The lowest BCUT2D eigenvalue weighted by molar-refractivity contribution is -0.119. The third-order valence-electron chi connectivity index (χ3n) is 4.91. The molecule has 0 unspecified atom stereocenters. The molecule has 0 aliphatic rings. The number of carbonyl (C=O) groups excluding carboxylic acids is 1. The molecular weight excluding hydrogens is 570 g/mol. The molecule has 0 saturated heterocycles. The second-order valence-electron chi connectivity index (χ2n) is 7.57. The van der Waals surface area contributed by atoms with Crippen LogP contribution in [0.3, 0.4) is 0 Å². The molecule has 0 aromatic heterocycles. The predicted molar refractivity (Wildman–Crippen MR) is 148 cm³/mol. The Hall–Kier alpha value is -1.61. The van der Waals surface area contributed by atoms with Gasteiger partial charge < -0.3 is 5.32 Å². The zero-order chi connectivity index (χ0) is 25.6. The van der Waals surface area contributed by atoms with Crippen LogP contribution in [0.4, 0.5) is 5.69 Å². The molecule has 0 aliphatic carbocycles. The highest BCUT2D eigenvalue weighted by Crippen LogP contribution is 2.30. The summed E-state index contributed by atoms with van der Waals surface area (Å²) in [4.78, 5) is 12.8. The standard InChI is InChI=1S/C24H22Cl4N2O3S2/c1-16-2-6-19(7-3-16)35(32,33)30(18-5-9-21(26)23(28)13-18)14-24(31)29-10-11-34-15-17-4-8-20(25)22(27)12-17/h2-9,12-13H,10-11,14-15H2,1H3,(H,29,31). The van der Waals surface area contributed by atoms with Crippen LogP contribution in [-0.2, 0) is 20.6 Å². The lowest BCUT2D eigenvalue weighted by atomic mass is 10.2. The van der Waals surface area contributed by atoms with E-state index in [0.29, 0.717) is 28.1 Å².